The number of nitrogens with zero attached hydrogens (tertiary/aromatic N) is 1. The van der Waals surface area contributed by atoms with Crippen molar-refractivity contribution in [1.29, 1.82) is 5.26 Å². The molecule has 2 aliphatic rings. The Hall–Kier alpha value is -1.50. The average Bonchev–Trinajstić information content (AvgIpc) is 3.11. The van der Waals surface area contributed by atoms with Crippen LogP contribution >= 0.6 is 0 Å². The van der Waals surface area contributed by atoms with Crippen LogP contribution in [0, 0.1) is 11.3 Å². The Morgan fingerprint density at radius 3 is 1.72 bits per heavy atom. The minimum atomic E-state index is -0.204. The van der Waals surface area contributed by atoms with Crippen LogP contribution in [0.25, 0.3) is 0 Å². The van der Waals surface area contributed by atoms with Gasteiger partial charge >= 0.3 is 0 Å². The SMILES string of the molecule is N#C/C(=C/NC1CCCC1)C(=O)NC1CCCCCCCCCCC1. The third-order valence-electron chi connectivity index (χ3n) is 5.62. The Labute approximate surface area is 153 Å². The fraction of sp³-hybridized carbons (Fsp3) is 0.810. The van der Waals surface area contributed by atoms with Gasteiger partial charge in [0.05, 0.1) is 0 Å². The van der Waals surface area contributed by atoms with E-state index in [1.54, 1.807) is 6.20 Å². The summed E-state index contributed by atoms with van der Waals surface area (Å²) < 4.78 is 0. The molecule has 0 radical (unpaired) electrons. The van der Waals surface area contributed by atoms with Gasteiger partial charge in [0.1, 0.15) is 11.6 Å². The number of carbonyl (C=O) groups excluding carboxylic acids is 1. The van der Waals surface area contributed by atoms with Gasteiger partial charge in [-0.1, -0.05) is 70.6 Å². The molecule has 1 amide bonds. The number of nitriles is 1. The predicted molar refractivity (Wildman–Crippen MR) is 102 cm³/mol. The fourth-order valence-corrected chi connectivity index (χ4v) is 4.01. The Bertz CT molecular complexity index is 448. The first-order chi connectivity index (χ1) is 12.3. The Morgan fingerprint density at radius 2 is 1.20 bits per heavy atom. The summed E-state index contributed by atoms with van der Waals surface area (Å²) in [6.07, 6.45) is 20.1. The maximum absolute atomic E-state index is 12.5. The highest BCUT2D eigenvalue weighted by atomic mass is 16.1. The van der Waals surface area contributed by atoms with E-state index < -0.39 is 0 Å². The lowest BCUT2D eigenvalue weighted by Gasteiger charge is -2.19. The molecule has 0 bridgehead atoms. The normalized spacial score (nSPS) is 22.4. The lowest BCUT2D eigenvalue weighted by Crippen LogP contribution is -2.36. The summed E-state index contributed by atoms with van der Waals surface area (Å²) in [5, 5.41) is 15.7. The molecule has 4 heteroatoms. The van der Waals surface area contributed by atoms with Gasteiger partial charge in [-0.2, -0.15) is 5.26 Å². The molecule has 2 saturated carbocycles. The van der Waals surface area contributed by atoms with E-state index in [2.05, 4.69) is 16.7 Å². The molecule has 0 heterocycles. The highest BCUT2D eigenvalue weighted by molar-refractivity contribution is 5.97. The maximum atomic E-state index is 12.5. The first-order valence-electron chi connectivity index (χ1n) is 10.5. The van der Waals surface area contributed by atoms with Gasteiger partial charge in [-0.05, 0) is 25.7 Å². The van der Waals surface area contributed by atoms with Crippen LogP contribution in [-0.4, -0.2) is 18.0 Å². The van der Waals surface area contributed by atoms with E-state index in [0.29, 0.717) is 6.04 Å². The van der Waals surface area contributed by atoms with E-state index in [9.17, 15) is 10.1 Å². The largest absolute Gasteiger partial charge is 0.387 e. The third-order valence-corrected chi connectivity index (χ3v) is 5.62. The van der Waals surface area contributed by atoms with E-state index in [1.807, 2.05) is 0 Å². The van der Waals surface area contributed by atoms with Crippen LogP contribution < -0.4 is 10.6 Å². The molecule has 0 aliphatic heterocycles. The molecule has 0 aromatic heterocycles. The summed E-state index contributed by atoms with van der Waals surface area (Å²) in [6, 6.07) is 2.72. The van der Waals surface area contributed by atoms with Crippen molar-refractivity contribution in [3.8, 4) is 6.07 Å². The van der Waals surface area contributed by atoms with Gasteiger partial charge in [-0.25, -0.2) is 0 Å². The highest BCUT2D eigenvalue weighted by Gasteiger charge is 2.17. The first kappa shape index (κ1) is 19.8. The van der Waals surface area contributed by atoms with E-state index in [1.165, 1.54) is 70.6 Å². The number of hydrogen-bond donors (Lipinski definition) is 2. The average molecular weight is 346 g/mol. The molecule has 2 rings (SSSR count). The number of carbonyl (C=O) groups is 1. The Morgan fingerprint density at radius 1 is 0.760 bits per heavy atom. The maximum Gasteiger partial charge on any atom is 0.263 e. The molecule has 25 heavy (non-hydrogen) atoms. The van der Waals surface area contributed by atoms with Crippen molar-refractivity contribution >= 4 is 5.91 Å². The van der Waals surface area contributed by atoms with Gasteiger partial charge < -0.3 is 10.6 Å². The van der Waals surface area contributed by atoms with Crippen LogP contribution in [0.2, 0.25) is 0 Å². The molecule has 2 fully saturated rings. The molecule has 140 valence electrons. The minimum absolute atomic E-state index is 0.204. The van der Waals surface area contributed by atoms with Crippen LogP contribution in [0.4, 0.5) is 0 Å². The molecular formula is C21H35N3O. The van der Waals surface area contributed by atoms with Gasteiger partial charge in [0.25, 0.3) is 5.91 Å². The molecule has 0 aromatic carbocycles. The topological polar surface area (TPSA) is 64.9 Å². The van der Waals surface area contributed by atoms with Gasteiger partial charge in [-0.15, -0.1) is 0 Å². The monoisotopic (exact) mass is 345 g/mol. The van der Waals surface area contributed by atoms with Gasteiger partial charge in [0, 0.05) is 18.3 Å². The van der Waals surface area contributed by atoms with Crippen molar-refractivity contribution in [2.45, 2.75) is 108 Å². The molecular weight excluding hydrogens is 310 g/mol. The summed E-state index contributed by atoms with van der Waals surface area (Å²) in [4.78, 5) is 12.5. The predicted octanol–water partition coefficient (Wildman–Crippen LogP) is 4.72. The number of nitrogens with one attached hydrogen (secondary N) is 2. The van der Waals surface area contributed by atoms with E-state index in [0.717, 1.165) is 25.7 Å². The molecule has 0 atom stereocenters. The van der Waals surface area contributed by atoms with Crippen LogP contribution in [0.15, 0.2) is 11.8 Å². The smallest absolute Gasteiger partial charge is 0.263 e. The molecule has 0 unspecified atom stereocenters. The minimum Gasteiger partial charge on any atom is -0.387 e. The number of hydrogen-bond acceptors (Lipinski definition) is 3. The van der Waals surface area contributed by atoms with Crippen molar-refractivity contribution < 1.29 is 4.79 Å². The van der Waals surface area contributed by atoms with E-state index >= 15 is 0 Å². The molecule has 4 nitrogen and oxygen atoms in total. The standard InChI is InChI=1S/C21H35N3O/c22-16-18(17-23-19-12-10-11-13-19)21(25)24-20-14-8-6-4-2-1-3-5-7-9-15-20/h17,19-20,23H,1-15H2,(H,24,25)/b18-17-. The zero-order valence-electron chi connectivity index (χ0n) is 15.7. The van der Waals surface area contributed by atoms with Gasteiger partial charge in [0.15, 0.2) is 0 Å². The van der Waals surface area contributed by atoms with Crippen LogP contribution in [-0.2, 0) is 4.79 Å². The lowest BCUT2D eigenvalue weighted by molar-refractivity contribution is -0.117. The van der Waals surface area contributed by atoms with E-state index in [4.69, 9.17) is 0 Å². The van der Waals surface area contributed by atoms with Crippen molar-refractivity contribution in [2.24, 2.45) is 0 Å². The van der Waals surface area contributed by atoms with Crippen LogP contribution in [0.1, 0.15) is 96.3 Å². The molecule has 0 aromatic rings. The molecule has 2 aliphatic carbocycles. The summed E-state index contributed by atoms with van der Waals surface area (Å²) in [7, 11) is 0. The van der Waals surface area contributed by atoms with Crippen molar-refractivity contribution in [2.75, 3.05) is 0 Å². The van der Waals surface area contributed by atoms with Crippen LogP contribution in [0.5, 0.6) is 0 Å². The van der Waals surface area contributed by atoms with Crippen LogP contribution in [0.3, 0.4) is 0 Å². The zero-order chi connectivity index (χ0) is 17.7. The Kier molecular flexibility index (Phi) is 9.47. The fourth-order valence-electron chi connectivity index (χ4n) is 4.01. The van der Waals surface area contributed by atoms with Crippen molar-refractivity contribution in [3.63, 3.8) is 0 Å². The van der Waals surface area contributed by atoms with Crippen molar-refractivity contribution in [1.82, 2.24) is 10.6 Å². The van der Waals surface area contributed by atoms with Gasteiger partial charge in [0.2, 0.25) is 0 Å². The molecule has 0 saturated heterocycles. The summed E-state index contributed by atoms with van der Waals surface area (Å²) in [5.74, 6) is -0.204. The van der Waals surface area contributed by atoms with Gasteiger partial charge in [-0.3, -0.25) is 4.79 Å². The van der Waals surface area contributed by atoms with Crippen molar-refractivity contribution in [3.05, 3.63) is 11.8 Å². The second kappa shape index (κ2) is 12.0. The summed E-state index contributed by atoms with van der Waals surface area (Å²) >= 11 is 0. The second-order valence-electron chi connectivity index (χ2n) is 7.75. The first-order valence-corrected chi connectivity index (χ1v) is 10.5. The number of amides is 1. The number of rotatable bonds is 4. The zero-order valence-corrected chi connectivity index (χ0v) is 15.7. The molecule has 2 N–H and O–H groups in total. The highest BCUT2D eigenvalue weighted by Crippen LogP contribution is 2.18. The quantitative estimate of drug-likeness (QED) is 0.572. The summed E-state index contributed by atoms with van der Waals surface area (Å²) in [6.45, 7) is 0. The van der Waals surface area contributed by atoms with E-state index in [-0.39, 0.29) is 17.5 Å². The lowest BCUT2D eigenvalue weighted by atomic mass is 9.97. The third kappa shape index (κ3) is 7.94. The Balaban J connectivity index is 1.82. The summed E-state index contributed by atoms with van der Waals surface area (Å²) in [5.41, 5.74) is 0.220. The molecule has 0 spiro atoms. The second-order valence-corrected chi connectivity index (χ2v) is 7.75.